The number of carbonyl (C=O) groups is 9. The second kappa shape index (κ2) is 28.6. The number of thioether (sulfide) groups is 1. The van der Waals surface area contributed by atoms with Crippen LogP contribution in [-0.4, -0.2) is 153 Å². The summed E-state index contributed by atoms with van der Waals surface area (Å²) in [5.74, 6) is -6.92. The highest BCUT2D eigenvalue weighted by Gasteiger charge is 2.22. The number of rotatable bonds is 28. The molecule has 0 spiro atoms. The highest BCUT2D eigenvalue weighted by atomic mass is 32.2. The number of nitrogens with zero attached hydrogens (tertiary/aromatic N) is 2. The van der Waals surface area contributed by atoms with Crippen LogP contribution in [0.15, 0.2) is 9.98 Å². The molecule has 0 unspecified atom stereocenters. The van der Waals surface area contributed by atoms with Gasteiger partial charge in [-0.3, -0.25) is 48.3 Å². The van der Waals surface area contributed by atoms with Crippen molar-refractivity contribution >= 4 is 76.9 Å². The van der Waals surface area contributed by atoms with E-state index in [-0.39, 0.29) is 50.7 Å². The molecule has 0 aliphatic carbocycles. The van der Waals surface area contributed by atoms with E-state index in [1.807, 2.05) is 0 Å². The summed E-state index contributed by atoms with van der Waals surface area (Å²) in [6.45, 7) is -2.79. The van der Waals surface area contributed by atoms with Crippen molar-refractivity contribution in [2.45, 2.75) is 50.2 Å². The molecule has 0 bridgehead atoms. The molecule has 25 nitrogen and oxygen atoms in total. The Morgan fingerprint density at radius 3 is 1.35 bits per heavy atom. The molecule has 0 aromatic rings. The molecule has 0 fully saturated rings. The van der Waals surface area contributed by atoms with E-state index in [9.17, 15) is 48.3 Å². The van der Waals surface area contributed by atoms with E-state index in [2.05, 4.69) is 52.5 Å². The van der Waals surface area contributed by atoms with Gasteiger partial charge in [-0.1, -0.05) is 0 Å². The molecule has 0 rings (SSSR count). The molecule has 8 amide bonds. The second-order valence-electron chi connectivity index (χ2n) is 11.4. The lowest BCUT2D eigenvalue weighted by Crippen LogP contribution is -2.52. The van der Waals surface area contributed by atoms with Crippen LogP contribution < -0.4 is 71.2 Å². The lowest BCUT2D eigenvalue weighted by atomic mass is 10.1. The van der Waals surface area contributed by atoms with Gasteiger partial charge in [0.05, 0.1) is 45.3 Å². The fraction of sp³-hybridized carbons (Fsp3) is 0.621. The second-order valence-corrected chi connectivity index (χ2v) is 12.4. The van der Waals surface area contributed by atoms with Crippen molar-refractivity contribution in [3.63, 3.8) is 0 Å². The highest BCUT2D eigenvalue weighted by Crippen LogP contribution is 2.01. The summed E-state index contributed by atoms with van der Waals surface area (Å²) in [6, 6.07) is -3.24. The third kappa shape index (κ3) is 26.5. The average molecular weight is 804 g/mol. The predicted molar refractivity (Wildman–Crippen MR) is 200 cm³/mol. The van der Waals surface area contributed by atoms with Gasteiger partial charge in [0, 0.05) is 13.1 Å². The van der Waals surface area contributed by atoms with E-state index >= 15 is 0 Å². The normalized spacial score (nSPS) is 11.9. The number of amides is 8. The maximum atomic E-state index is 12.7. The highest BCUT2D eigenvalue weighted by molar-refractivity contribution is 7.98. The molecular formula is C29H53N15O10S. The molecule has 0 radical (unpaired) electrons. The molecule has 0 aliphatic rings. The summed E-state index contributed by atoms with van der Waals surface area (Å²) in [7, 11) is 0. The maximum absolute atomic E-state index is 12.7. The van der Waals surface area contributed by atoms with Crippen LogP contribution in [0.2, 0.25) is 0 Å². The van der Waals surface area contributed by atoms with Gasteiger partial charge in [0.2, 0.25) is 47.3 Å². The van der Waals surface area contributed by atoms with Gasteiger partial charge >= 0.3 is 5.97 Å². The Hall–Kier alpha value is -5.92. The number of aliphatic carboxylic acids is 1. The number of nitrogens with one attached hydrogen (secondary N) is 8. The van der Waals surface area contributed by atoms with Crippen molar-refractivity contribution in [2.75, 3.05) is 64.4 Å². The number of carbonyl (C=O) groups excluding carboxylic acids is 8. The van der Waals surface area contributed by atoms with Gasteiger partial charge in [-0.15, -0.1) is 0 Å². The van der Waals surface area contributed by atoms with E-state index < -0.39 is 111 Å². The Kier molecular flexibility index (Phi) is 25.5. The quantitative estimate of drug-likeness (QED) is 0.0198. The van der Waals surface area contributed by atoms with Crippen molar-refractivity contribution < 1.29 is 48.3 Å². The van der Waals surface area contributed by atoms with Crippen LogP contribution in [0.4, 0.5) is 0 Å². The van der Waals surface area contributed by atoms with Gasteiger partial charge < -0.3 is 76.3 Å². The van der Waals surface area contributed by atoms with Crippen LogP contribution in [0.25, 0.3) is 0 Å². The van der Waals surface area contributed by atoms with Gasteiger partial charge in [-0.05, 0) is 44.1 Å². The number of carboxylic acids is 1. The van der Waals surface area contributed by atoms with E-state index in [1.54, 1.807) is 6.26 Å². The summed E-state index contributed by atoms with van der Waals surface area (Å²) >= 11 is 1.38. The van der Waals surface area contributed by atoms with E-state index in [1.165, 1.54) is 11.8 Å². The summed E-state index contributed by atoms with van der Waals surface area (Å²) in [5.41, 5.74) is 26.6. The number of hydrogen-bond donors (Lipinski definition) is 14. The molecular weight excluding hydrogens is 750 g/mol. The Morgan fingerprint density at radius 2 is 0.927 bits per heavy atom. The minimum Gasteiger partial charge on any atom is -0.480 e. The van der Waals surface area contributed by atoms with Crippen LogP contribution >= 0.6 is 11.8 Å². The number of carboxylic acid groups (broad SMARTS) is 1. The zero-order valence-electron chi connectivity index (χ0n) is 30.4. The van der Waals surface area contributed by atoms with Crippen molar-refractivity contribution in [3.05, 3.63) is 0 Å². The number of hydrogen-bond acceptors (Lipinski definition) is 13. The average Bonchev–Trinajstić information content (AvgIpc) is 3.13. The van der Waals surface area contributed by atoms with E-state index in [0.29, 0.717) is 12.2 Å². The van der Waals surface area contributed by atoms with Crippen molar-refractivity contribution in [1.29, 1.82) is 0 Å². The molecule has 0 aromatic heterocycles. The lowest BCUT2D eigenvalue weighted by Gasteiger charge is -2.18. The molecule has 55 heavy (non-hydrogen) atoms. The van der Waals surface area contributed by atoms with Crippen molar-refractivity contribution in [3.8, 4) is 0 Å². The molecule has 0 saturated carbocycles. The van der Waals surface area contributed by atoms with Gasteiger partial charge in [0.25, 0.3) is 0 Å². The van der Waals surface area contributed by atoms with E-state index in [4.69, 9.17) is 28.7 Å². The fourth-order valence-corrected chi connectivity index (χ4v) is 4.43. The Bertz CT molecular complexity index is 1390. The van der Waals surface area contributed by atoms with Gasteiger partial charge in [0.15, 0.2) is 11.9 Å². The summed E-state index contributed by atoms with van der Waals surface area (Å²) in [4.78, 5) is 117. The van der Waals surface area contributed by atoms with E-state index in [0.717, 1.165) is 0 Å². The number of aliphatic imine (C=N–C) groups is 2. The Labute approximate surface area is 320 Å². The maximum Gasteiger partial charge on any atom is 0.326 e. The minimum absolute atomic E-state index is 0.0284. The first-order valence-corrected chi connectivity index (χ1v) is 18.1. The minimum atomic E-state index is -1.29. The molecule has 0 saturated heterocycles. The van der Waals surface area contributed by atoms with Crippen LogP contribution in [0, 0.1) is 0 Å². The standard InChI is InChI=1S/C29H53N15O10S/c1-55-9-6-17(43-23(49)14-39-19(45)10-37-21(47)12-41-25(51)16(30)4-2-7-35-28(31)32)26(52)42-13-22(48)38-11-20(46)40-15-24(50)44-18(27(53)54)5-3-8-36-29(33)34/h16-18H,2-15,30H2,1H3,(H,37,47)(H,38,48)(H,39,45)(H,40,46)(H,41,51)(H,42,52)(H,43,49)(H,44,50)(H,53,54)(H4,31,32,35)(H4,33,34,36)/t16-,17-,18-/m0/s1. The van der Waals surface area contributed by atoms with Crippen LogP contribution in [-0.2, 0) is 43.2 Å². The fourth-order valence-electron chi connectivity index (χ4n) is 3.96. The van der Waals surface area contributed by atoms with Crippen LogP contribution in [0.5, 0.6) is 0 Å². The third-order valence-electron chi connectivity index (χ3n) is 6.78. The predicted octanol–water partition coefficient (Wildman–Crippen LogP) is -8.07. The zero-order chi connectivity index (χ0) is 41.8. The molecule has 26 heteroatoms. The molecule has 0 aromatic carbocycles. The Balaban J connectivity index is 4.54. The first kappa shape index (κ1) is 49.1. The third-order valence-corrected chi connectivity index (χ3v) is 7.42. The van der Waals surface area contributed by atoms with Crippen molar-refractivity contribution in [1.82, 2.24) is 42.5 Å². The SMILES string of the molecule is CSCC[C@H](NC(=O)CNC(=O)CNC(=O)CNC(=O)[C@@H](N)CCCN=C(N)N)C(=O)NCC(=O)NCC(=O)NCC(=O)N[C@@H](CCCN=C(N)N)C(=O)O. The van der Waals surface area contributed by atoms with Gasteiger partial charge in [-0.2, -0.15) is 11.8 Å². The topological polar surface area (TPSA) is 425 Å². The Morgan fingerprint density at radius 1 is 0.545 bits per heavy atom. The first-order valence-electron chi connectivity index (χ1n) is 16.7. The lowest BCUT2D eigenvalue weighted by molar-refractivity contribution is -0.142. The molecule has 0 heterocycles. The molecule has 0 aliphatic heterocycles. The molecule has 3 atom stereocenters. The first-order chi connectivity index (χ1) is 25.9. The van der Waals surface area contributed by atoms with Gasteiger partial charge in [-0.25, -0.2) is 4.79 Å². The van der Waals surface area contributed by atoms with Gasteiger partial charge in [0.1, 0.15) is 12.1 Å². The zero-order valence-corrected chi connectivity index (χ0v) is 31.3. The van der Waals surface area contributed by atoms with Crippen molar-refractivity contribution in [2.24, 2.45) is 38.7 Å². The smallest absolute Gasteiger partial charge is 0.326 e. The van der Waals surface area contributed by atoms with Crippen LogP contribution in [0.3, 0.4) is 0 Å². The molecule has 19 N–H and O–H groups in total. The summed E-state index contributed by atoms with van der Waals surface area (Å²) < 4.78 is 0. The summed E-state index contributed by atoms with van der Waals surface area (Å²) in [5, 5.41) is 27.6. The molecule has 310 valence electrons. The summed E-state index contributed by atoms with van der Waals surface area (Å²) in [6.07, 6.45) is 2.94. The number of nitrogens with two attached hydrogens (primary N) is 5. The monoisotopic (exact) mass is 803 g/mol. The largest absolute Gasteiger partial charge is 0.480 e. The van der Waals surface area contributed by atoms with Crippen LogP contribution in [0.1, 0.15) is 32.1 Å². The number of guanidine groups is 2.